The Kier molecular flexibility index (Phi) is 5.35. The summed E-state index contributed by atoms with van der Waals surface area (Å²) in [6.07, 6.45) is 5.38. The van der Waals surface area contributed by atoms with E-state index < -0.39 is 5.97 Å². The summed E-state index contributed by atoms with van der Waals surface area (Å²) in [7, 11) is 0. The maximum absolute atomic E-state index is 11.1. The molecule has 1 heterocycles. The molecular formula is C15H23N3O2. The highest BCUT2D eigenvalue weighted by Crippen LogP contribution is 2.18. The van der Waals surface area contributed by atoms with Crippen LogP contribution >= 0.6 is 0 Å². The summed E-state index contributed by atoms with van der Waals surface area (Å²) in [6.45, 7) is 3.87. The first kappa shape index (κ1) is 14.8. The van der Waals surface area contributed by atoms with Crippen LogP contribution in [0.2, 0.25) is 0 Å². The van der Waals surface area contributed by atoms with Crippen LogP contribution in [0.25, 0.3) is 0 Å². The largest absolute Gasteiger partial charge is 0.478 e. The third-order valence-electron chi connectivity index (χ3n) is 3.30. The van der Waals surface area contributed by atoms with Gasteiger partial charge in [-0.3, -0.25) is 0 Å². The number of nitrogens with one attached hydrogen (secondary N) is 2. The van der Waals surface area contributed by atoms with Crippen molar-refractivity contribution in [3.05, 3.63) is 23.4 Å². The van der Waals surface area contributed by atoms with Crippen LogP contribution < -0.4 is 10.6 Å². The van der Waals surface area contributed by atoms with Gasteiger partial charge in [0.2, 0.25) is 0 Å². The first-order chi connectivity index (χ1) is 9.69. The molecule has 1 aromatic rings. The fraction of sp³-hybridized carbons (Fsp3) is 0.600. The van der Waals surface area contributed by atoms with E-state index in [1.54, 1.807) is 12.1 Å². The van der Waals surface area contributed by atoms with E-state index in [-0.39, 0.29) is 0 Å². The topological polar surface area (TPSA) is 74.2 Å². The second kappa shape index (κ2) is 7.24. The molecule has 20 heavy (non-hydrogen) atoms. The lowest BCUT2D eigenvalue weighted by Gasteiger charge is -2.09. The quantitative estimate of drug-likeness (QED) is 0.604. The van der Waals surface area contributed by atoms with Crippen LogP contribution in [-0.2, 0) is 6.42 Å². The number of carbonyl (C=O) groups is 1. The monoisotopic (exact) mass is 277 g/mol. The van der Waals surface area contributed by atoms with Crippen molar-refractivity contribution < 1.29 is 9.90 Å². The molecule has 0 spiro atoms. The minimum absolute atomic E-state index is 0.307. The zero-order valence-electron chi connectivity index (χ0n) is 12.0. The Hall–Kier alpha value is -1.62. The summed E-state index contributed by atoms with van der Waals surface area (Å²) in [6, 6.07) is 4.00. The van der Waals surface area contributed by atoms with Gasteiger partial charge in [0, 0.05) is 18.3 Å². The average Bonchev–Trinajstić information content (AvgIpc) is 3.22. The van der Waals surface area contributed by atoms with Gasteiger partial charge in [0.1, 0.15) is 5.82 Å². The highest BCUT2D eigenvalue weighted by atomic mass is 16.4. The van der Waals surface area contributed by atoms with Gasteiger partial charge in [-0.05, 0) is 44.4 Å². The van der Waals surface area contributed by atoms with E-state index in [9.17, 15) is 4.79 Å². The molecule has 110 valence electrons. The molecular weight excluding hydrogens is 254 g/mol. The van der Waals surface area contributed by atoms with Gasteiger partial charge >= 0.3 is 5.97 Å². The number of anilines is 1. The highest BCUT2D eigenvalue weighted by Gasteiger charge is 2.19. The highest BCUT2D eigenvalue weighted by molar-refractivity contribution is 5.88. The van der Waals surface area contributed by atoms with Crippen molar-refractivity contribution in [3.8, 4) is 0 Å². The zero-order chi connectivity index (χ0) is 14.4. The van der Waals surface area contributed by atoms with E-state index >= 15 is 0 Å². The Morgan fingerprint density at radius 3 is 2.85 bits per heavy atom. The molecule has 0 atom stereocenters. The molecule has 5 heteroatoms. The summed E-state index contributed by atoms with van der Waals surface area (Å²) >= 11 is 0. The van der Waals surface area contributed by atoms with Crippen LogP contribution in [-0.4, -0.2) is 35.2 Å². The van der Waals surface area contributed by atoms with E-state index in [0.717, 1.165) is 44.1 Å². The van der Waals surface area contributed by atoms with E-state index in [1.807, 2.05) is 0 Å². The molecule has 0 unspecified atom stereocenters. The summed E-state index contributed by atoms with van der Waals surface area (Å²) in [5, 5.41) is 15.8. The van der Waals surface area contributed by atoms with E-state index in [2.05, 4.69) is 22.5 Å². The smallest absolute Gasteiger partial charge is 0.335 e. The first-order valence-corrected chi connectivity index (χ1v) is 7.40. The molecule has 0 amide bonds. The van der Waals surface area contributed by atoms with Crippen molar-refractivity contribution in [1.82, 2.24) is 10.3 Å². The Labute approximate surface area is 119 Å². The normalized spacial score (nSPS) is 14.2. The fourth-order valence-corrected chi connectivity index (χ4v) is 2.08. The van der Waals surface area contributed by atoms with Gasteiger partial charge in [-0.15, -0.1) is 0 Å². The number of pyridine rings is 1. The Morgan fingerprint density at radius 2 is 2.20 bits per heavy atom. The summed E-state index contributed by atoms with van der Waals surface area (Å²) < 4.78 is 0. The summed E-state index contributed by atoms with van der Waals surface area (Å²) in [5.74, 6) is -0.233. The van der Waals surface area contributed by atoms with Crippen molar-refractivity contribution in [1.29, 1.82) is 0 Å². The maximum atomic E-state index is 11.1. The SMILES string of the molecule is CCCc1cc(C(=O)O)cc(NCCCNC2CC2)n1. The van der Waals surface area contributed by atoms with Crippen molar-refractivity contribution in [2.75, 3.05) is 18.4 Å². The third-order valence-corrected chi connectivity index (χ3v) is 3.30. The Morgan fingerprint density at radius 1 is 1.40 bits per heavy atom. The molecule has 0 bridgehead atoms. The third kappa shape index (κ3) is 4.81. The van der Waals surface area contributed by atoms with Crippen LogP contribution in [0.1, 0.15) is 48.7 Å². The Balaban J connectivity index is 1.85. The summed E-state index contributed by atoms with van der Waals surface area (Å²) in [5.41, 5.74) is 1.15. The number of carboxylic acid groups (broad SMARTS) is 1. The zero-order valence-corrected chi connectivity index (χ0v) is 12.0. The van der Waals surface area contributed by atoms with Crippen molar-refractivity contribution >= 4 is 11.8 Å². The predicted octanol–water partition coefficient (Wildman–Crippen LogP) is 2.29. The average molecular weight is 277 g/mol. The second-order valence-corrected chi connectivity index (χ2v) is 5.30. The number of aromatic carboxylic acids is 1. The standard InChI is InChI=1S/C15H23N3O2/c1-2-4-13-9-11(15(19)20)10-14(18-13)17-8-3-7-16-12-5-6-12/h9-10,12,16H,2-8H2,1H3,(H,17,18)(H,19,20). The number of hydrogen-bond acceptors (Lipinski definition) is 4. The molecule has 1 aliphatic carbocycles. The lowest BCUT2D eigenvalue weighted by Crippen LogP contribution is -2.20. The number of carboxylic acids is 1. The van der Waals surface area contributed by atoms with Crippen LogP contribution in [0, 0.1) is 0 Å². The lowest BCUT2D eigenvalue weighted by molar-refractivity contribution is 0.0696. The molecule has 2 rings (SSSR count). The minimum Gasteiger partial charge on any atom is -0.478 e. The number of aryl methyl sites for hydroxylation is 1. The molecule has 0 aromatic carbocycles. The molecule has 1 fully saturated rings. The Bertz CT molecular complexity index is 458. The predicted molar refractivity (Wildman–Crippen MR) is 79.3 cm³/mol. The molecule has 5 nitrogen and oxygen atoms in total. The van der Waals surface area contributed by atoms with Gasteiger partial charge in [0.25, 0.3) is 0 Å². The van der Waals surface area contributed by atoms with E-state index in [0.29, 0.717) is 11.4 Å². The molecule has 1 aliphatic rings. The van der Waals surface area contributed by atoms with Gasteiger partial charge in [0.15, 0.2) is 0 Å². The lowest BCUT2D eigenvalue weighted by atomic mass is 10.1. The van der Waals surface area contributed by atoms with Crippen LogP contribution in [0.3, 0.4) is 0 Å². The van der Waals surface area contributed by atoms with Gasteiger partial charge in [0.05, 0.1) is 5.56 Å². The van der Waals surface area contributed by atoms with Crippen molar-refractivity contribution in [2.45, 2.75) is 45.1 Å². The van der Waals surface area contributed by atoms with Gasteiger partial charge in [-0.2, -0.15) is 0 Å². The number of nitrogens with zero attached hydrogens (tertiary/aromatic N) is 1. The van der Waals surface area contributed by atoms with Crippen molar-refractivity contribution in [2.24, 2.45) is 0 Å². The number of aromatic nitrogens is 1. The number of hydrogen-bond donors (Lipinski definition) is 3. The van der Waals surface area contributed by atoms with Gasteiger partial charge in [-0.25, -0.2) is 9.78 Å². The second-order valence-electron chi connectivity index (χ2n) is 5.30. The van der Waals surface area contributed by atoms with Gasteiger partial charge in [-0.1, -0.05) is 13.3 Å². The van der Waals surface area contributed by atoms with E-state index in [4.69, 9.17) is 5.11 Å². The van der Waals surface area contributed by atoms with Crippen LogP contribution in [0.15, 0.2) is 12.1 Å². The molecule has 0 aliphatic heterocycles. The van der Waals surface area contributed by atoms with Gasteiger partial charge < -0.3 is 15.7 Å². The van der Waals surface area contributed by atoms with Crippen LogP contribution in [0.5, 0.6) is 0 Å². The summed E-state index contributed by atoms with van der Waals surface area (Å²) in [4.78, 5) is 15.6. The number of rotatable bonds is 9. The van der Waals surface area contributed by atoms with Crippen molar-refractivity contribution in [3.63, 3.8) is 0 Å². The molecule has 0 radical (unpaired) electrons. The molecule has 1 aromatic heterocycles. The fourth-order valence-electron chi connectivity index (χ4n) is 2.08. The molecule has 0 saturated heterocycles. The molecule has 1 saturated carbocycles. The maximum Gasteiger partial charge on any atom is 0.335 e. The van der Waals surface area contributed by atoms with E-state index in [1.165, 1.54) is 12.8 Å². The first-order valence-electron chi connectivity index (χ1n) is 7.40. The minimum atomic E-state index is -0.900. The van der Waals surface area contributed by atoms with Crippen LogP contribution in [0.4, 0.5) is 5.82 Å². The molecule has 3 N–H and O–H groups in total.